The summed E-state index contributed by atoms with van der Waals surface area (Å²) in [5, 5.41) is 0. The maximum atomic E-state index is 4.30. The Morgan fingerprint density at radius 2 is 1.83 bits per heavy atom. The molecule has 0 saturated carbocycles. The van der Waals surface area contributed by atoms with Crippen molar-refractivity contribution in [2.24, 2.45) is 5.92 Å². The highest BCUT2D eigenvalue weighted by atomic mass is 32.1. The lowest BCUT2D eigenvalue weighted by atomic mass is 10.2. The topological polar surface area (TPSA) is 6.48 Å². The molecule has 0 aromatic carbocycles. The summed E-state index contributed by atoms with van der Waals surface area (Å²) in [6.07, 6.45) is 0. The Hall–Kier alpha value is 0.270. The number of piperazine rings is 1. The van der Waals surface area contributed by atoms with E-state index < -0.39 is 0 Å². The summed E-state index contributed by atoms with van der Waals surface area (Å²) in [7, 11) is 2.19. The van der Waals surface area contributed by atoms with Gasteiger partial charge in [0.15, 0.2) is 0 Å². The normalized spacial score (nSPS) is 24.2. The molecule has 2 nitrogen and oxygen atoms in total. The van der Waals surface area contributed by atoms with Gasteiger partial charge < -0.3 is 9.80 Å². The highest BCUT2D eigenvalue weighted by Crippen LogP contribution is 2.05. The SMILES string of the molecule is CC(CS)CN1CCN(C)CC1. The highest BCUT2D eigenvalue weighted by molar-refractivity contribution is 7.80. The molecule has 1 atom stereocenters. The van der Waals surface area contributed by atoms with E-state index in [-0.39, 0.29) is 0 Å². The molecule has 1 fully saturated rings. The van der Waals surface area contributed by atoms with Crippen LogP contribution in [0.25, 0.3) is 0 Å². The van der Waals surface area contributed by atoms with Gasteiger partial charge in [-0.1, -0.05) is 6.92 Å². The van der Waals surface area contributed by atoms with E-state index in [1.165, 1.54) is 32.7 Å². The molecule has 0 aliphatic carbocycles. The summed E-state index contributed by atoms with van der Waals surface area (Å²) in [6.45, 7) is 8.39. The molecule has 1 aliphatic rings. The van der Waals surface area contributed by atoms with E-state index in [9.17, 15) is 0 Å². The van der Waals surface area contributed by atoms with Crippen LogP contribution in [-0.2, 0) is 0 Å². The number of rotatable bonds is 3. The first-order chi connectivity index (χ1) is 5.72. The zero-order valence-electron chi connectivity index (χ0n) is 8.16. The second-order valence-corrected chi connectivity index (χ2v) is 4.26. The number of likely N-dealkylation sites (N-methyl/N-ethyl adjacent to an activating group) is 1. The van der Waals surface area contributed by atoms with Crippen molar-refractivity contribution in [3.05, 3.63) is 0 Å². The Morgan fingerprint density at radius 3 is 2.33 bits per heavy atom. The van der Waals surface area contributed by atoms with Gasteiger partial charge in [-0.2, -0.15) is 12.6 Å². The summed E-state index contributed by atoms with van der Waals surface area (Å²) >= 11 is 4.30. The molecule has 0 aromatic heterocycles. The van der Waals surface area contributed by atoms with Crippen molar-refractivity contribution in [1.29, 1.82) is 0 Å². The lowest BCUT2D eigenvalue weighted by molar-refractivity contribution is 0.142. The molecule has 0 aromatic rings. The fraction of sp³-hybridized carbons (Fsp3) is 1.00. The van der Waals surface area contributed by atoms with Crippen LogP contribution in [0.3, 0.4) is 0 Å². The van der Waals surface area contributed by atoms with Crippen molar-refractivity contribution in [2.45, 2.75) is 6.92 Å². The Bertz CT molecular complexity index is 122. The average Bonchev–Trinajstić information content (AvgIpc) is 2.09. The van der Waals surface area contributed by atoms with Crippen LogP contribution >= 0.6 is 12.6 Å². The lowest BCUT2D eigenvalue weighted by Crippen LogP contribution is -2.45. The molecule has 1 heterocycles. The quantitative estimate of drug-likeness (QED) is 0.655. The van der Waals surface area contributed by atoms with Crippen LogP contribution < -0.4 is 0 Å². The Balaban J connectivity index is 2.17. The molecule has 3 heteroatoms. The second kappa shape index (κ2) is 5.10. The summed E-state index contributed by atoms with van der Waals surface area (Å²) in [6, 6.07) is 0. The van der Waals surface area contributed by atoms with Crippen LogP contribution in [-0.4, -0.2) is 55.3 Å². The number of nitrogens with zero attached hydrogens (tertiary/aromatic N) is 2. The summed E-state index contributed by atoms with van der Waals surface area (Å²) in [4.78, 5) is 4.93. The summed E-state index contributed by atoms with van der Waals surface area (Å²) < 4.78 is 0. The van der Waals surface area contributed by atoms with Gasteiger partial charge in [0.2, 0.25) is 0 Å². The monoisotopic (exact) mass is 188 g/mol. The first-order valence-electron chi connectivity index (χ1n) is 4.74. The van der Waals surface area contributed by atoms with E-state index in [1.54, 1.807) is 0 Å². The standard InChI is InChI=1S/C9H20N2S/c1-9(8-12)7-11-5-3-10(2)4-6-11/h9,12H,3-8H2,1-2H3. The lowest BCUT2D eigenvalue weighted by Gasteiger charge is -2.33. The van der Waals surface area contributed by atoms with Crippen LogP contribution in [0.5, 0.6) is 0 Å². The van der Waals surface area contributed by atoms with E-state index in [2.05, 4.69) is 36.4 Å². The predicted octanol–water partition coefficient (Wildman–Crippen LogP) is 0.800. The molecular formula is C9H20N2S. The zero-order chi connectivity index (χ0) is 8.97. The largest absolute Gasteiger partial charge is 0.304 e. The maximum absolute atomic E-state index is 4.30. The minimum Gasteiger partial charge on any atom is -0.304 e. The van der Waals surface area contributed by atoms with Gasteiger partial charge in [0, 0.05) is 32.7 Å². The molecule has 1 aliphatic heterocycles. The third-order valence-corrected chi connectivity index (χ3v) is 3.10. The van der Waals surface area contributed by atoms with Gasteiger partial charge in [0.1, 0.15) is 0 Å². The van der Waals surface area contributed by atoms with Crippen molar-refractivity contribution >= 4 is 12.6 Å². The Labute approximate surface area is 81.3 Å². The smallest absolute Gasteiger partial charge is 0.0110 e. The van der Waals surface area contributed by atoms with E-state index in [4.69, 9.17) is 0 Å². The minimum atomic E-state index is 0.733. The van der Waals surface area contributed by atoms with Crippen molar-refractivity contribution < 1.29 is 0 Å². The van der Waals surface area contributed by atoms with Crippen LogP contribution in [0.15, 0.2) is 0 Å². The van der Waals surface area contributed by atoms with Gasteiger partial charge in [0.05, 0.1) is 0 Å². The molecule has 1 unspecified atom stereocenters. The zero-order valence-corrected chi connectivity index (χ0v) is 9.06. The molecule has 0 amide bonds. The van der Waals surface area contributed by atoms with Gasteiger partial charge >= 0.3 is 0 Å². The molecule has 0 bridgehead atoms. The van der Waals surface area contributed by atoms with E-state index in [0.717, 1.165) is 11.7 Å². The third kappa shape index (κ3) is 3.33. The Morgan fingerprint density at radius 1 is 1.25 bits per heavy atom. The van der Waals surface area contributed by atoms with E-state index in [1.807, 2.05) is 0 Å². The molecule has 1 rings (SSSR count). The first-order valence-corrected chi connectivity index (χ1v) is 5.37. The van der Waals surface area contributed by atoms with Gasteiger partial charge in [-0.25, -0.2) is 0 Å². The number of hydrogen-bond acceptors (Lipinski definition) is 3. The van der Waals surface area contributed by atoms with Crippen LogP contribution in [0, 0.1) is 5.92 Å². The van der Waals surface area contributed by atoms with E-state index >= 15 is 0 Å². The number of hydrogen-bond donors (Lipinski definition) is 1. The van der Waals surface area contributed by atoms with Crippen LogP contribution in [0.4, 0.5) is 0 Å². The predicted molar refractivity (Wildman–Crippen MR) is 57.0 cm³/mol. The number of thiol groups is 1. The summed E-state index contributed by atoms with van der Waals surface area (Å²) in [5.74, 6) is 1.74. The molecular weight excluding hydrogens is 168 g/mol. The molecule has 0 radical (unpaired) electrons. The Kier molecular flexibility index (Phi) is 4.40. The summed E-state index contributed by atoms with van der Waals surface area (Å²) in [5.41, 5.74) is 0. The second-order valence-electron chi connectivity index (χ2n) is 3.89. The average molecular weight is 188 g/mol. The fourth-order valence-corrected chi connectivity index (χ4v) is 1.64. The van der Waals surface area contributed by atoms with Crippen LogP contribution in [0.1, 0.15) is 6.92 Å². The van der Waals surface area contributed by atoms with Crippen LogP contribution in [0.2, 0.25) is 0 Å². The molecule has 0 spiro atoms. The van der Waals surface area contributed by atoms with E-state index in [0.29, 0.717) is 0 Å². The molecule has 1 saturated heterocycles. The molecule has 72 valence electrons. The van der Waals surface area contributed by atoms with Gasteiger partial charge in [-0.15, -0.1) is 0 Å². The first kappa shape index (κ1) is 10.4. The third-order valence-electron chi connectivity index (χ3n) is 2.48. The molecule has 12 heavy (non-hydrogen) atoms. The van der Waals surface area contributed by atoms with Gasteiger partial charge in [-0.3, -0.25) is 0 Å². The van der Waals surface area contributed by atoms with Gasteiger partial charge in [0.25, 0.3) is 0 Å². The van der Waals surface area contributed by atoms with Crippen molar-refractivity contribution in [1.82, 2.24) is 9.80 Å². The van der Waals surface area contributed by atoms with Crippen molar-refractivity contribution in [3.8, 4) is 0 Å². The molecule has 0 N–H and O–H groups in total. The van der Waals surface area contributed by atoms with Crippen molar-refractivity contribution in [3.63, 3.8) is 0 Å². The van der Waals surface area contributed by atoms with Crippen molar-refractivity contribution in [2.75, 3.05) is 45.5 Å². The minimum absolute atomic E-state index is 0.733. The maximum Gasteiger partial charge on any atom is 0.0110 e. The fourth-order valence-electron chi connectivity index (χ4n) is 1.53. The van der Waals surface area contributed by atoms with Gasteiger partial charge in [-0.05, 0) is 18.7 Å². The highest BCUT2D eigenvalue weighted by Gasteiger charge is 2.14.